The van der Waals surface area contributed by atoms with E-state index in [1.165, 1.54) is 31.4 Å². The second-order valence-electron chi connectivity index (χ2n) is 5.97. The van der Waals surface area contributed by atoms with E-state index in [0.29, 0.717) is 0 Å². The Labute approximate surface area is 156 Å². The maximum absolute atomic E-state index is 13.1. The number of hydrogen-bond acceptors (Lipinski definition) is 4. The molecular weight excluding hydrogens is 361 g/mol. The lowest BCUT2D eigenvalue weighted by molar-refractivity contribution is 0.574. The molecule has 4 nitrogen and oxygen atoms in total. The summed E-state index contributed by atoms with van der Waals surface area (Å²) in [5.41, 5.74) is 2.01. The Bertz CT molecular complexity index is 847. The predicted molar refractivity (Wildman–Crippen MR) is 104 cm³/mol. The molecular formula is C18H21ClFN3OS. The number of rotatable bonds is 2. The van der Waals surface area contributed by atoms with Crippen LogP contribution in [0.5, 0.6) is 0 Å². The molecule has 2 N–H and O–H groups in total. The molecule has 1 aromatic carbocycles. The van der Waals surface area contributed by atoms with Crippen LogP contribution in [0.2, 0.25) is 0 Å². The van der Waals surface area contributed by atoms with Gasteiger partial charge in [0.05, 0.1) is 10.2 Å². The third kappa shape index (κ3) is 3.92. The quantitative estimate of drug-likeness (QED) is 0.661. The van der Waals surface area contributed by atoms with Crippen LogP contribution in [0.3, 0.4) is 0 Å². The molecule has 134 valence electrons. The fourth-order valence-corrected chi connectivity index (χ4v) is 4.22. The Hall–Kier alpha value is -1.76. The molecule has 4 rings (SSSR count). The molecule has 0 atom stereocenters. The summed E-state index contributed by atoms with van der Waals surface area (Å²) in [6.45, 7) is 4.08. The number of anilines is 1. The summed E-state index contributed by atoms with van der Waals surface area (Å²) in [5.74, 6) is 1.66. The highest BCUT2D eigenvalue weighted by Crippen LogP contribution is 2.38. The molecule has 0 saturated carbocycles. The van der Waals surface area contributed by atoms with Crippen molar-refractivity contribution in [2.24, 2.45) is 0 Å². The number of fused-ring (bicyclic) bond motifs is 1. The van der Waals surface area contributed by atoms with Crippen molar-refractivity contribution in [3.8, 4) is 10.4 Å². The third-order valence-corrected chi connectivity index (χ3v) is 5.42. The van der Waals surface area contributed by atoms with Crippen molar-refractivity contribution in [2.75, 3.05) is 18.0 Å². The Kier molecular flexibility index (Phi) is 6.32. The van der Waals surface area contributed by atoms with Crippen LogP contribution in [0.4, 0.5) is 10.2 Å². The van der Waals surface area contributed by atoms with Crippen molar-refractivity contribution in [1.82, 2.24) is 9.97 Å². The molecule has 1 aliphatic rings. The molecule has 7 heteroatoms. The minimum atomic E-state index is -0.209. The number of piperidine rings is 1. The fraction of sp³-hybridized carbons (Fsp3) is 0.333. The maximum atomic E-state index is 13.1. The number of aryl methyl sites for hydroxylation is 1. The van der Waals surface area contributed by atoms with Crippen LogP contribution in [-0.4, -0.2) is 28.5 Å². The molecule has 1 saturated heterocycles. The second kappa shape index (κ2) is 8.08. The molecule has 0 unspecified atom stereocenters. The first-order chi connectivity index (χ1) is 11.2. The van der Waals surface area contributed by atoms with Crippen LogP contribution in [-0.2, 0) is 0 Å². The Morgan fingerprint density at radius 1 is 1.04 bits per heavy atom. The minimum Gasteiger partial charge on any atom is -0.412 e. The minimum absolute atomic E-state index is 0. The topological polar surface area (TPSA) is 60.5 Å². The largest absolute Gasteiger partial charge is 0.412 e. The summed E-state index contributed by atoms with van der Waals surface area (Å²) in [6.07, 6.45) is 3.75. The summed E-state index contributed by atoms with van der Waals surface area (Å²) in [5, 5.41) is 0. The Balaban J connectivity index is 0.00000113. The molecule has 0 aliphatic carbocycles. The highest BCUT2D eigenvalue weighted by Gasteiger charge is 2.18. The third-order valence-electron chi connectivity index (χ3n) is 4.25. The maximum Gasteiger partial charge on any atom is 0.150 e. The number of nitrogens with zero attached hydrogens (tertiary/aromatic N) is 3. The zero-order valence-electron chi connectivity index (χ0n) is 14.0. The Morgan fingerprint density at radius 2 is 1.72 bits per heavy atom. The van der Waals surface area contributed by atoms with Gasteiger partial charge in [-0.05, 0) is 49.9 Å². The molecule has 2 aromatic heterocycles. The van der Waals surface area contributed by atoms with Crippen LogP contribution in [0.25, 0.3) is 20.7 Å². The summed E-state index contributed by atoms with van der Waals surface area (Å²) in [4.78, 5) is 12.8. The predicted octanol–water partition coefficient (Wildman–Crippen LogP) is 4.39. The van der Waals surface area contributed by atoms with E-state index in [-0.39, 0.29) is 23.7 Å². The first-order valence-corrected chi connectivity index (χ1v) is 8.81. The lowest BCUT2D eigenvalue weighted by Gasteiger charge is -2.28. The van der Waals surface area contributed by atoms with Crippen LogP contribution in [0, 0.1) is 12.7 Å². The standard InChI is InChI=1S/C18H18FN3S.ClH.H2O/c1-12-20-15-11-16(13-5-7-14(19)8-6-13)23-17(15)18(21-12)22-9-3-2-4-10-22;;/h5-8,11H,2-4,9-10H2,1H3;1H;1H2. The second-order valence-corrected chi connectivity index (χ2v) is 7.03. The van der Waals surface area contributed by atoms with Crippen LogP contribution < -0.4 is 4.90 Å². The van der Waals surface area contributed by atoms with Gasteiger partial charge >= 0.3 is 0 Å². The molecule has 0 spiro atoms. The van der Waals surface area contributed by atoms with E-state index in [1.807, 2.05) is 19.1 Å². The lowest BCUT2D eigenvalue weighted by Crippen LogP contribution is -2.30. The average Bonchev–Trinajstić information content (AvgIpc) is 2.99. The number of aromatic nitrogens is 2. The van der Waals surface area contributed by atoms with Gasteiger partial charge < -0.3 is 10.4 Å². The van der Waals surface area contributed by atoms with E-state index in [2.05, 4.69) is 16.0 Å². The van der Waals surface area contributed by atoms with Gasteiger partial charge in [-0.1, -0.05) is 12.1 Å². The summed E-state index contributed by atoms with van der Waals surface area (Å²) >= 11 is 1.70. The summed E-state index contributed by atoms with van der Waals surface area (Å²) in [6, 6.07) is 8.74. The van der Waals surface area contributed by atoms with Crippen molar-refractivity contribution in [3.63, 3.8) is 0 Å². The van der Waals surface area contributed by atoms with Crippen molar-refractivity contribution >= 4 is 39.8 Å². The van der Waals surface area contributed by atoms with Gasteiger partial charge in [-0.15, -0.1) is 23.7 Å². The monoisotopic (exact) mass is 381 g/mol. The van der Waals surface area contributed by atoms with E-state index in [1.54, 1.807) is 11.3 Å². The average molecular weight is 382 g/mol. The van der Waals surface area contributed by atoms with Gasteiger partial charge in [-0.3, -0.25) is 0 Å². The first kappa shape index (κ1) is 19.6. The van der Waals surface area contributed by atoms with E-state index < -0.39 is 0 Å². The SMILES string of the molecule is Cc1nc(N2CCCCC2)c2sc(-c3ccc(F)cc3)cc2n1.Cl.O. The zero-order chi connectivity index (χ0) is 15.8. The van der Waals surface area contributed by atoms with Crippen LogP contribution in [0.1, 0.15) is 25.1 Å². The number of hydrogen-bond donors (Lipinski definition) is 0. The Morgan fingerprint density at radius 3 is 2.40 bits per heavy atom. The van der Waals surface area contributed by atoms with Crippen molar-refractivity contribution < 1.29 is 9.87 Å². The van der Waals surface area contributed by atoms with Gasteiger partial charge in [0.25, 0.3) is 0 Å². The highest BCUT2D eigenvalue weighted by molar-refractivity contribution is 7.22. The summed E-state index contributed by atoms with van der Waals surface area (Å²) in [7, 11) is 0. The molecule has 0 amide bonds. The first-order valence-electron chi connectivity index (χ1n) is 8.00. The van der Waals surface area contributed by atoms with Gasteiger partial charge in [0.1, 0.15) is 17.5 Å². The molecule has 25 heavy (non-hydrogen) atoms. The molecule has 0 radical (unpaired) electrons. The van der Waals surface area contributed by atoms with Gasteiger partial charge in [-0.2, -0.15) is 0 Å². The van der Waals surface area contributed by atoms with Gasteiger partial charge in [0, 0.05) is 18.0 Å². The highest BCUT2D eigenvalue weighted by atomic mass is 35.5. The lowest BCUT2D eigenvalue weighted by atomic mass is 10.1. The van der Waals surface area contributed by atoms with Crippen LogP contribution >= 0.6 is 23.7 Å². The molecule has 1 aliphatic heterocycles. The smallest absolute Gasteiger partial charge is 0.150 e. The van der Waals surface area contributed by atoms with Crippen molar-refractivity contribution in [2.45, 2.75) is 26.2 Å². The molecule has 3 aromatic rings. The van der Waals surface area contributed by atoms with E-state index in [9.17, 15) is 4.39 Å². The molecule has 3 heterocycles. The van der Waals surface area contributed by atoms with Crippen molar-refractivity contribution in [3.05, 3.63) is 42.0 Å². The van der Waals surface area contributed by atoms with Crippen molar-refractivity contribution in [1.29, 1.82) is 0 Å². The van der Waals surface area contributed by atoms with Gasteiger partial charge in [-0.25, -0.2) is 14.4 Å². The van der Waals surface area contributed by atoms with E-state index in [0.717, 1.165) is 45.4 Å². The van der Waals surface area contributed by atoms with Gasteiger partial charge in [0.15, 0.2) is 0 Å². The van der Waals surface area contributed by atoms with Gasteiger partial charge in [0.2, 0.25) is 0 Å². The number of halogens is 2. The van der Waals surface area contributed by atoms with Crippen LogP contribution in [0.15, 0.2) is 30.3 Å². The molecule has 1 fully saturated rings. The molecule has 0 bridgehead atoms. The fourth-order valence-electron chi connectivity index (χ4n) is 3.10. The van der Waals surface area contributed by atoms with E-state index >= 15 is 0 Å². The van der Waals surface area contributed by atoms with E-state index in [4.69, 9.17) is 4.98 Å². The number of benzene rings is 1. The normalized spacial score (nSPS) is 14.1. The number of thiophene rings is 1. The zero-order valence-corrected chi connectivity index (χ0v) is 15.6. The summed E-state index contributed by atoms with van der Waals surface area (Å²) < 4.78 is 14.3.